The topological polar surface area (TPSA) is 24.9 Å². The normalized spacial score (nSPS) is 10.7. The van der Waals surface area contributed by atoms with Gasteiger partial charge in [0.25, 0.3) is 0 Å². The van der Waals surface area contributed by atoms with Gasteiger partial charge in [0.05, 0.1) is 11.2 Å². The maximum atomic E-state index is 4.23. The van der Waals surface area contributed by atoms with E-state index in [-0.39, 0.29) is 0 Å². The average molecular weight is 238 g/mol. The molecule has 0 unspecified atom stereocenters. The molecule has 2 rings (SSSR count). The van der Waals surface area contributed by atoms with Gasteiger partial charge in [-0.2, -0.15) is 0 Å². The molecule has 0 aromatic carbocycles. The molecule has 15 heavy (non-hydrogen) atoms. The third kappa shape index (κ3) is 3.12. The molecule has 0 saturated heterocycles. The Morgan fingerprint density at radius 2 is 2.33 bits per heavy atom. The van der Waals surface area contributed by atoms with Gasteiger partial charge in [-0.15, -0.1) is 22.7 Å². The van der Waals surface area contributed by atoms with Gasteiger partial charge in [-0.3, -0.25) is 0 Å². The van der Waals surface area contributed by atoms with Crippen molar-refractivity contribution in [2.24, 2.45) is 0 Å². The quantitative estimate of drug-likeness (QED) is 0.810. The van der Waals surface area contributed by atoms with Gasteiger partial charge in [0.1, 0.15) is 0 Å². The Kier molecular flexibility index (Phi) is 3.88. The molecular formula is C11H14N2S2. The predicted molar refractivity (Wildman–Crippen MR) is 66.6 cm³/mol. The van der Waals surface area contributed by atoms with Crippen molar-refractivity contribution < 1.29 is 0 Å². The lowest BCUT2D eigenvalue weighted by Crippen LogP contribution is -2.16. The lowest BCUT2D eigenvalue weighted by atomic mass is 10.3. The maximum absolute atomic E-state index is 4.23. The minimum atomic E-state index is 0.946. The molecule has 0 aliphatic rings. The molecule has 2 aromatic heterocycles. The minimum absolute atomic E-state index is 0.946. The molecule has 0 aliphatic heterocycles. The third-order valence-electron chi connectivity index (χ3n) is 2.26. The SMILES string of the molecule is Cc1ncsc1CNCCc1cccs1. The summed E-state index contributed by atoms with van der Waals surface area (Å²) >= 11 is 3.55. The maximum Gasteiger partial charge on any atom is 0.0798 e. The van der Waals surface area contributed by atoms with E-state index in [1.807, 2.05) is 16.8 Å². The van der Waals surface area contributed by atoms with Gasteiger partial charge < -0.3 is 5.32 Å². The molecule has 0 bridgehead atoms. The van der Waals surface area contributed by atoms with Crippen LogP contribution in [0.2, 0.25) is 0 Å². The van der Waals surface area contributed by atoms with Crippen LogP contribution in [0.5, 0.6) is 0 Å². The van der Waals surface area contributed by atoms with Crippen molar-refractivity contribution in [1.29, 1.82) is 0 Å². The number of aryl methyl sites for hydroxylation is 1. The first-order chi connectivity index (χ1) is 7.36. The van der Waals surface area contributed by atoms with E-state index in [9.17, 15) is 0 Å². The van der Waals surface area contributed by atoms with E-state index in [2.05, 4.69) is 34.7 Å². The molecule has 2 heterocycles. The van der Waals surface area contributed by atoms with E-state index in [4.69, 9.17) is 0 Å². The first kappa shape index (κ1) is 10.8. The van der Waals surface area contributed by atoms with Crippen LogP contribution in [-0.4, -0.2) is 11.5 Å². The van der Waals surface area contributed by atoms with Crippen LogP contribution in [0, 0.1) is 6.92 Å². The summed E-state index contributed by atoms with van der Waals surface area (Å²) < 4.78 is 0. The summed E-state index contributed by atoms with van der Waals surface area (Å²) in [6.07, 6.45) is 1.12. The first-order valence-electron chi connectivity index (χ1n) is 4.98. The van der Waals surface area contributed by atoms with Crippen LogP contribution in [0.4, 0.5) is 0 Å². The van der Waals surface area contributed by atoms with Gasteiger partial charge in [0.2, 0.25) is 0 Å². The molecule has 2 nitrogen and oxygen atoms in total. The second-order valence-corrected chi connectivity index (χ2v) is 5.34. The van der Waals surface area contributed by atoms with E-state index in [0.29, 0.717) is 0 Å². The molecule has 0 spiro atoms. The van der Waals surface area contributed by atoms with Gasteiger partial charge >= 0.3 is 0 Å². The zero-order chi connectivity index (χ0) is 10.5. The summed E-state index contributed by atoms with van der Waals surface area (Å²) in [5.41, 5.74) is 3.06. The largest absolute Gasteiger partial charge is 0.311 e. The smallest absolute Gasteiger partial charge is 0.0798 e. The number of nitrogens with zero attached hydrogens (tertiary/aromatic N) is 1. The third-order valence-corrected chi connectivity index (χ3v) is 4.13. The van der Waals surface area contributed by atoms with Crippen molar-refractivity contribution >= 4 is 22.7 Å². The molecule has 0 fully saturated rings. The molecule has 1 N–H and O–H groups in total. The Hall–Kier alpha value is -0.710. The zero-order valence-electron chi connectivity index (χ0n) is 8.69. The van der Waals surface area contributed by atoms with Crippen LogP contribution >= 0.6 is 22.7 Å². The Morgan fingerprint density at radius 1 is 1.40 bits per heavy atom. The van der Waals surface area contributed by atoms with E-state index >= 15 is 0 Å². The summed E-state index contributed by atoms with van der Waals surface area (Å²) in [5.74, 6) is 0. The monoisotopic (exact) mass is 238 g/mol. The second-order valence-electron chi connectivity index (χ2n) is 3.37. The molecule has 0 saturated carbocycles. The van der Waals surface area contributed by atoms with Crippen molar-refractivity contribution in [3.63, 3.8) is 0 Å². The van der Waals surface area contributed by atoms with Crippen LogP contribution in [0.25, 0.3) is 0 Å². The van der Waals surface area contributed by atoms with E-state index in [1.54, 1.807) is 11.3 Å². The molecule has 0 aliphatic carbocycles. The summed E-state index contributed by atoms with van der Waals surface area (Å²) in [5, 5.41) is 5.57. The highest BCUT2D eigenvalue weighted by molar-refractivity contribution is 7.10. The zero-order valence-corrected chi connectivity index (χ0v) is 10.3. The Labute approximate surface area is 98.0 Å². The molecular weight excluding hydrogens is 224 g/mol. The van der Waals surface area contributed by atoms with Crippen molar-refractivity contribution in [1.82, 2.24) is 10.3 Å². The van der Waals surface area contributed by atoms with Crippen LogP contribution in [0.3, 0.4) is 0 Å². The highest BCUT2D eigenvalue weighted by atomic mass is 32.1. The van der Waals surface area contributed by atoms with Gasteiger partial charge in [0, 0.05) is 22.8 Å². The van der Waals surface area contributed by atoms with Gasteiger partial charge in [-0.05, 0) is 24.8 Å². The minimum Gasteiger partial charge on any atom is -0.311 e. The first-order valence-corrected chi connectivity index (χ1v) is 6.74. The number of hydrogen-bond acceptors (Lipinski definition) is 4. The summed E-state index contributed by atoms with van der Waals surface area (Å²) in [6, 6.07) is 4.29. The van der Waals surface area contributed by atoms with E-state index in [0.717, 1.165) is 25.2 Å². The van der Waals surface area contributed by atoms with Gasteiger partial charge in [-0.1, -0.05) is 6.07 Å². The lowest BCUT2D eigenvalue weighted by Gasteiger charge is -2.01. The van der Waals surface area contributed by atoms with Crippen LogP contribution in [0.15, 0.2) is 23.0 Å². The number of hydrogen-bond donors (Lipinski definition) is 1. The van der Waals surface area contributed by atoms with Crippen molar-refractivity contribution in [3.8, 4) is 0 Å². The molecule has 0 amide bonds. The summed E-state index contributed by atoms with van der Waals surface area (Å²) in [7, 11) is 0. The van der Waals surface area contributed by atoms with Gasteiger partial charge in [-0.25, -0.2) is 4.98 Å². The Bertz CT molecular complexity index is 392. The number of thiazole rings is 1. The summed E-state index contributed by atoms with van der Waals surface area (Å²) in [4.78, 5) is 7.02. The molecule has 2 aromatic rings. The fourth-order valence-corrected chi connectivity index (χ4v) is 2.82. The Balaban J connectivity index is 1.70. The highest BCUT2D eigenvalue weighted by Gasteiger charge is 2.00. The average Bonchev–Trinajstić information content (AvgIpc) is 2.85. The predicted octanol–water partition coefficient (Wildman–Crippen LogP) is 2.85. The Morgan fingerprint density at radius 3 is 3.00 bits per heavy atom. The summed E-state index contributed by atoms with van der Waals surface area (Å²) in [6.45, 7) is 4.05. The second kappa shape index (κ2) is 5.39. The van der Waals surface area contributed by atoms with Crippen LogP contribution in [-0.2, 0) is 13.0 Å². The highest BCUT2D eigenvalue weighted by Crippen LogP contribution is 2.11. The fourth-order valence-electron chi connectivity index (χ4n) is 1.36. The van der Waals surface area contributed by atoms with E-state index in [1.165, 1.54) is 9.75 Å². The molecule has 80 valence electrons. The van der Waals surface area contributed by atoms with Gasteiger partial charge in [0.15, 0.2) is 0 Å². The molecule has 0 atom stereocenters. The van der Waals surface area contributed by atoms with Crippen molar-refractivity contribution in [2.75, 3.05) is 6.54 Å². The van der Waals surface area contributed by atoms with Crippen molar-refractivity contribution in [3.05, 3.63) is 38.5 Å². The molecule has 4 heteroatoms. The fraction of sp³-hybridized carbons (Fsp3) is 0.364. The van der Waals surface area contributed by atoms with Crippen LogP contribution in [0.1, 0.15) is 15.4 Å². The number of aromatic nitrogens is 1. The number of thiophene rings is 1. The molecule has 0 radical (unpaired) electrons. The standard InChI is InChI=1S/C11H14N2S2/c1-9-11(15-8-13-9)7-12-5-4-10-3-2-6-14-10/h2-3,6,8,12H,4-5,7H2,1H3. The number of rotatable bonds is 5. The number of nitrogens with one attached hydrogen (secondary N) is 1. The van der Waals surface area contributed by atoms with E-state index < -0.39 is 0 Å². The lowest BCUT2D eigenvalue weighted by molar-refractivity contribution is 0.694. The van der Waals surface area contributed by atoms with Crippen LogP contribution < -0.4 is 5.32 Å². The van der Waals surface area contributed by atoms with Crippen molar-refractivity contribution in [2.45, 2.75) is 19.9 Å².